The zero-order valence-corrected chi connectivity index (χ0v) is 31.9. The van der Waals surface area contributed by atoms with E-state index in [0.29, 0.717) is 19.7 Å². The number of aromatic nitrogens is 4. The first-order valence-corrected chi connectivity index (χ1v) is 19.4. The number of likely N-dealkylation sites (tertiary alicyclic amines) is 2. The summed E-state index contributed by atoms with van der Waals surface area (Å²) >= 11 is 3.53. The molecule has 10 nitrogen and oxygen atoms in total. The molecule has 0 radical (unpaired) electrons. The number of imidazole rings is 2. The summed E-state index contributed by atoms with van der Waals surface area (Å²) in [6, 6.07) is 41.7. The lowest BCUT2D eigenvalue weighted by Gasteiger charge is -2.22. The molecule has 0 aliphatic carbocycles. The lowest BCUT2D eigenvalue weighted by Crippen LogP contribution is -2.31. The minimum Gasteiger partial charge on any atom is -0.445 e. The van der Waals surface area contributed by atoms with Crippen LogP contribution in [-0.2, 0) is 22.7 Å². The summed E-state index contributed by atoms with van der Waals surface area (Å²) in [5, 5.41) is 0. The highest BCUT2D eigenvalue weighted by Gasteiger charge is 2.34. The van der Waals surface area contributed by atoms with E-state index in [9.17, 15) is 9.59 Å². The van der Waals surface area contributed by atoms with Crippen LogP contribution in [0.1, 0.15) is 60.3 Å². The molecule has 11 heteroatoms. The summed E-state index contributed by atoms with van der Waals surface area (Å²) in [6.45, 7) is 1.97. The minimum atomic E-state index is -0.276. The van der Waals surface area contributed by atoms with Gasteiger partial charge < -0.3 is 9.47 Å². The van der Waals surface area contributed by atoms with Gasteiger partial charge >= 0.3 is 12.2 Å². The molecule has 4 aromatic heterocycles. The van der Waals surface area contributed by atoms with Gasteiger partial charge in [0, 0.05) is 25.5 Å². The number of amides is 2. The first-order chi connectivity index (χ1) is 27.0. The third-order valence-electron chi connectivity index (χ3n) is 10.1. The van der Waals surface area contributed by atoms with Crippen molar-refractivity contribution < 1.29 is 19.1 Å². The second-order valence-electron chi connectivity index (χ2n) is 13.7. The Morgan fingerprint density at radius 3 is 1.58 bits per heavy atom. The first-order valence-electron chi connectivity index (χ1n) is 18.6. The summed E-state index contributed by atoms with van der Waals surface area (Å²) in [7, 11) is 0. The van der Waals surface area contributed by atoms with E-state index < -0.39 is 0 Å². The number of fused-ring (bicyclic) bond motifs is 2. The van der Waals surface area contributed by atoms with Gasteiger partial charge in [-0.2, -0.15) is 0 Å². The van der Waals surface area contributed by atoms with Crippen molar-refractivity contribution in [3.8, 4) is 11.3 Å². The smallest absolute Gasteiger partial charge is 0.410 e. The highest BCUT2D eigenvalue weighted by molar-refractivity contribution is 9.10. The quantitative estimate of drug-likeness (QED) is 0.149. The van der Waals surface area contributed by atoms with E-state index in [2.05, 4.69) is 44.7 Å². The predicted molar refractivity (Wildman–Crippen MR) is 214 cm³/mol. The van der Waals surface area contributed by atoms with Crippen molar-refractivity contribution in [2.24, 2.45) is 0 Å². The molecular formula is C44H41BrN6O4. The SMILES string of the molecule is O=C(OCc1ccccc1)N1CCC[C@H]1c1cn2c(-c3ccccc3)cccc2n1.O=C(OCc1ccccc1)N1CCC[C@H]1c1cn2c(Br)cccc2n1. The normalized spacial score (nSPS) is 16.6. The summed E-state index contributed by atoms with van der Waals surface area (Å²) in [5.41, 5.74) is 7.77. The number of ether oxygens (including phenoxy) is 2. The number of carbonyl (C=O) groups is 2. The standard InChI is InChI=1S/C25H23N3O2.C19H18BrN3O2/c29-25(30-18-19-9-3-1-4-10-19)27-16-8-14-23(27)21-17-28-22(13-7-15-24(28)26-21)20-11-5-2-6-12-20;20-17-9-4-10-18-21-15(12-23(17)18)16-8-5-11-22(16)19(24)25-13-14-6-2-1-3-7-14/h1-7,9-13,15,17,23H,8,14,16,18H2;1-4,6-7,9-10,12,16H,5,8,11,13H2/t23-;16-/m00/s1. The number of benzene rings is 3. The highest BCUT2D eigenvalue weighted by atomic mass is 79.9. The molecule has 6 heterocycles. The van der Waals surface area contributed by atoms with Crippen molar-refractivity contribution in [2.45, 2.75) is 51.0 Å². The number of nitrogens with zero attached hydrogens (tertiary/aromatic N) is 6. The Labute approximate surface area is 328 Å². The molecule has 0 unspecified atom stereocenters. The van der Waals surface area contributed by atoms with E-state index in [1.165, 1.54) is 0 Å². The van der Waals surface area contributed by atoms with Crippen LogP contribution in [0.15, 0.2) is 144 Å². The van der Waals surface area contributed by atoms with Crippen molar-refractivity contribution in [1.82, 2.24) is 28.6 Å². The van der Waals surface area contributed by atoms with Crippen molar-refractivity contribution in [3.05, 3.63) is 167 Å². The van der Waals surface area contributed by atoms with E-state index in [4.69, 9.17) is 19.4 Å². The average molecular weight is 798 g/mol. The maximum atomic E-state index is 12.8. The number of hydrogen-bond donors (Lipinski definition) is 0. The Hall–Kier alpha value is -5.94. The molecule has 2 amide bonds. The number of rotatable bonds is 7. The molecule has 9 rings (SSSR count). The van der Waals surface area contributed by atoms with Crippen LogP contribution >= 0.6 is 15.9 Å². The van der Waals surface area contributed by atoms with E-state index in [-0.39, 0.29) is 30.9 Å². The van der Waals surface area contributed by atoms with Crippen molar-refractivity contribution >= 4 is 39.4 Å². The summed E-state index contributed by atoms with van der Waals surface area (Å²) < 4.78 is 16.1. The molecule has 2 atom stereocenters. The first kappa shape index (κ1) is 36.1. The van der Waals surface area contributed by atoms with Crippen LogP contribution in [0.3, 0.4) is 0 Å². The van der Waals surface area contributed by atoms with Gasteiger partial charge in [-0.1, -0.05) is 103 Å². The van der Waals surface area contributed by atoms with Crippen LogP contribution in [0.5, 0.6) is 0 Å². The van der Waals surface area contributed by atoms with Gasteiger partial charge in [0.1, 0.15) is 24.5 Å². The number of carbonyl (C=O) groups excluding carboxylic acids is 2. The Morgan fingerprint density at radius 2 is 1.05 bits per heavy atom. The topological polar surface area (TPSA) is 93.7 Å². The molecule has 2 aliphatic heterocycles. The van der Waals surface area contributed by atoms with E-state index in [1.54, 1.807) is 4.90 Å². The van der Waals surface area contributed by atoms with Crippen LogP contribution in [0.4, 0.5) is 9.59 Å². The second kappa shape index (κ2) is 16.6. The predicted octanol–water partition coefficient (Wildman–Crippen LogP) is 10.0. The molecule has 7 aromatic rings. The maximum Gasteiger partial charge on any atom is 0.410 e. The second-order valence-corrected chi connectivity index (χ2v) is 14.5. The molecule has 3 aromatic carbocycles. The monoisotopic (exact) mass is 796 g/mol. The lowest BCUT2D eigenvalue weighted by atomic mass is 10.1. The fourth-order valence-electron chi connectivity index (χ4n) is 7.38. The van der Waals surface area contributed by atoms with Crippen LogP contribution < -0.4 is 0 Å². The zero-order chi connectivity index (χ0) is 37.6. The maximum absolute atomic E-state index is 12.8. The fourth-order valence-corrected chi connectivity index (χ4v) is 7.82. The van der Waals surface area contributed by atoms with Gasteiger partial charge in [-0.25, -0.2) is 19.6 Å². The Balaban J connectivity index is 0.000000158. The molecule has 55 heavy (non-hydrogen) atoms. The molecule has 0 bridgehead atoms. The molecule has 278 valence electrons. The van der Waals surface area contributed by atoms with Gasteiger partial charge in [0.25, 0.3) is 0 Å². The minimum absolute atomic E-state index is 0.0323. The molecule has 0 saturated carbocycles. The highest BCUT2D eigenvalue weighted by Crippen LogP contribution is 2.34. The van der Waals surface area contributed by atoms with Gasteiger partial charge in [0.2, 0.25) is 0 Å². The van der Waals surface area contributed by atoms with Crippen LogP contribution in [0.25, 0.3) is 22.6 Å². The molecule has 2 aliphatic rings. The Bertz CT molecular complexity index is 2380. The van der Waals surface area contributed by atoms with Crippen LogP contribution in [0, 0.1) is 0 Å². The number of halogens is 1. The van der Waals surface area contributed by atoms with Gasteiger partial charge in [-0.05, 0) is 82.6 Å². The van der Waals surface area contributed by atoms with Crippen LogP contribution in [-0.4, -0.2) is 53.8 Å². The van der Waals surface area contributed by atoms with Gasteiger partial charge in [-0.15, -0.1) is 0 Å². The van der Waals surface area contributed by atoms with Gasteiger partial charge in [-0.3, -0.25) is 18.6 Å². The number of pyridine rings is 2. The summed E-state index contributed by atoms with van der Waals surface area (Å²) in [5.74, 6) is 0. The molecule has 0 N–H and O–H groups in total. The summed E-state index contributed by atoms with van der Waals surface area (Å²) in [4.78, 5) is 38.5. The zero-order valence-electron chi connectivity index (χ0n) is 30.3. The van der Waals surface area contributed by atoms with Crippen molar-refractivity contribution in [2.75, 3.05) is 13.1 Å². The number of hydrogen-bond acceptors (Lipinski definition) is 6. The summed E-state index contributed by atoms with van der Waals surface area (Å²) in [6.07, 6.45) is 7.21. The third-order valence-corrected chi connectivity index (χ3v) is 10.8. The van der Waals surface area contributed by atoms with Gasteiger partial charge in [0.05, 0.1) is 33.8 Å². The van der Waals surface area contributed by atoms with E-state index in [0.717, 1.165) is 75.4 Å². The van der Waals surface area contributed by atoms with Crippen molar-refractivity contribution in [1.29, 1.82) is 0 Å². The third kappa shape index (κ3) is 8.12. The van der Waals surface area contributed by atoms with Crippen LogP contribution in [0.2, 0.25) is 0 Å². The Morgan fingerprint density at radius 1 is 0.582 bits per heavy atom. The largest absolute Gasteiger partial charge is 0.445 e. The molecular weight excluding hydrogens is 756 g/mol. The van der Waals surface area contributed by atoms with Crippen molar-refractivity contribution in [3.63, 3.8) is 0 Å². The van der Waals surface area contributed by atoms with Gasteiger partial charge in [0.15, 0.2) is 0 Å². The van der Waals surface area contributed by atoms with E-state index >= 15 is 0 Å². The molecule has 2 saturated heterocycles. The molecule has 2 fully saturated rings. The molecule has 0 spiro atoms. The fraction of sp³-hybridized carbons (Fsp3) is 0.227. The average Bonchev–Trinajstić information content (AvgIpc) is 4.06. The Kier molecular flexibility index (Phi) is 10.9. The lowest BCUT2D eigenvalue weighted by molar-refractivity contribution is 0.0909. The van der Waals surface area contributed by atoms with E-state index in [1.807, 2.05) is 125 Å².